The summed E-state index contributed by atoms with van der Waals surface area (Å²) in [6.07, 6.45) is -0.122. The number of aliphatic imine (C=N–C) groups is 1. The zero-order valence-corrected chi connectivity index (χ0v) is 3.76. The van der Waals surface area contributed by atoms with Crippen LogP contribution in [0.1, 0.15) is 0 Å². The van der Waals surface area contributed by atoms with E-state index in [1.54, 1.807) is 0 Å². The average molecular weight is 114 g/mol. The Labute approximate surface area is 44.1 Å². The van der Waals surface area contributed by atoms with Gasteiger partial charge < -0.3 is 0 Å². The van der Waals surface area contributed by atoms with Gasteiger partial charge >= 0.3 is 6.29 Å². The molecule has 0 aromatic heterocycles. The first-order valence-corrected chi connectivity index (χ1v) is 1.86. The van der Waals surface area contributed by atoms with Crippen molar-refractivity contribution in [3.8, 4) is 0 Å². The number of hydrogen-bond acceptors (Lipinski definition) is 5. The normalized spacial score (nSPS) is 24.2. The third-order valence-corrected chi connectivity index (χ3v) is 0.610. The summed E-state index contributed by atoms with van der Waals surface area (Å²) in [6, 6.07) is 0. The number of hydrogen-bond donors (Lipinski definition) is 0. The van der Waals surface area contributed by atoms with Gasteiger partial charge in [0, 0.05) is 0 Å². The van der Waals surface area contributed by atoms with E-state index in [2.05, 4.69) is 15.2 Å². The first-order valence-electron chi connectivity index (χ1n) is 1.86. The van der Waals surface area contributed by atoms with Crippen LogP contribution >= 0.6 is 0 Å². The molecular weight excluding hydrogens is 112 g/mol. The van der Waals surface area contributed by atoms with Crippen LogP contribution in [0.4, 0.5) is 0 Å². The monoisotopic (exact) mass is 114 g/mol. The van der Waals surface area contributed by atoms with Crippen molar-refractivity contribution in [3.63, 3.8) is 0 Å². The zero-order valence-electron chi connectivity index (χ0n) is 3.76. The Bertz CT molecular complexity index is 149. The van der Waals surface area contributed by atoms with Crippen molar-refractivity contribution >= 4 is 6.34 Å². The lowest BCUT2D eigenvalue weighted by atomic mass is 10.9. The van der Waals surface area contributed by atoms with Gasteiger partial charge in [-0.25, -0.2) is 0 Å². The Morgan fingerprint density at radius 2 is 2.50 bits per heavy atom. The third-order valence-electron chi connectivity index (χ3n) is 0.610. The minimum absolute atomic E-state index is 0.618. The Hall–Kier alpha value is -1.33. The van der Waals surface area contributed by atoms with Crippen LogP contribution in [-0.2, 0) is 0 Å². The van der Waals surface area contributed by atoms with Gasteiger partial charge in [0.05, 0.1) is 4.92 Å². The van der Waals surface area contributed by atoms with Gasteiger partial charge in [-0.2, -0.15) is 4.99 Å². The molecule has 1 aliphatic rings. The molecule has 0 radical (unpaired) electrons. The van der Waals surface area contributed by atoms with E-state index in [1.807, 2.05) is 0 Å². The highest BCUT2D eigenvalue weighted by Crippen LogP contribution is 1.98. The van der Waals surface area contributed by atoms with Gasteiger partial charge in [0.25, 0.3) is 0 Å². The molecule has 0 bridgehead atoms. The summed E-state index contributed by atoms with van der Waals surface area (Å²) in [7, 11) is 0. The van der Waals surface area contributed by atoms with Gasteiger partial charge in [-0.1, -0.05) is 5.11 Å². The fourth-order valence-electron chi connectivity index (χ4n) is 0.305. The number of nitrogens with zero attached hydrogens (tertiary/aromatic N) is 4. The highest BCUT2D eigenvalue weighted by molar-refractivity contribution is 5.55. The van der Waals surface area contributed by atoms with E-state index in [-0.39, 0.29) is 0 Å². The second-order valence-corrected chi connectivity index (χ2v) is 1.13. The second-order valence-electron chi connectivity index (χ2n) is 1.13. The molecule has 0 amide bonds. The molecule has 0 spiro atoms. The highest BCUT2D eigenvalue weighted by Gasteiger charge is 2.17. The second kappa shape index (κ2) is 1.65. The van der Waals surface area contributed by atoms with Gasteiger partial charge in [0.2, 0.25) is 0 Å². The predicted octanol–water partition coefficient (Wildman–Crippen LogP) is 0.0408. The molecule has 0 aliphatic carbocycles. The molecule has 0 saturated carbocycles. The Morgan fingerprint density at radius 1 is 1.75 bits per heavy atom. The molecule has 1 aliphatic heterocycles. The summed E-state index contributed by atoms with van der Waals surface area (Å²) < 4.78 is 0. The van der Waals surface area contributed by atoms with Crippen molar-refractivity contribution in [1.29, 1.82) is 0 Å². The maximum atomic E-state index is 9.74. The summed E-state index contributed by atoms with van der Waals surface area (Å²) in [5, 5.41) is 16.1. The lowest BCUT2D eigenvalue weighted by molar-refractivity contribution is -0.518. The quantitative estimate of drug-likeness (QED) is 0.356. The average Bonchev–Trinajstić information content (AvgIpc) is 2.12. The van der Waals surface area contributed by atoms with Crippen LogP contribution in [0.15, 0.2) is 15.2 Å². The maximum absolute atomic E-state index is 9.74. The molecule has 6 nitrogen and oxygen atoms in total. The third kappa shape index (κ3) is 0.673. The van der Waals surface area contributed by atoms with E-state index < -0.39 is 11.2 Å². The van der Waals surface area contributed by atoms with Crippen LogP contribution in [0.3, 0.4) is 0 Å². The largest absolute Gasteiger partial charge is 0.420 e. The summed E-state index contributed by atoms with van der Waals surface area (Å²) in [5.41, 5.74) is 0. The molecule has 0 fully saturated rings. The van der Waals surface area contributed by atoms with E-state index in [0.29, 0.717) is 0 Å². The standard InChI is InChI=1S/C2H2N4O2/c7-6(8)2-3-1-4-5-2/h1-2H. The van der Waals surface area contributed by atoms with Crippen LogP contribution in [-0.4, -0.2) is 17.6 Å². The van der Waals surface area contributed by atoms with Crippen LogP contribution in [0.25, 0.3) is 0 Å². The van der Waals surface area contributed by atoms with Crippen molar-refractivity contribution < 1.29 is 4.92 Å². The van der Waals surface area contributed by atoms with E-state index in [0.717, 1.165) is 6.34 Å². The smallest absolute Gasteiger partial charge is 0.261 e. The first kappa shape index (κ1) is 4.82. The molecule has 0 N–H and O–H groups in total. The SMILES string of the molecule is O=[N+]([O-])C1N=CN=N1. The summed E-state index contributed by atoms with van der Waals surface area (Å²) in [5.74, 6) is 0. The van der Waals surface area contributed by atoms with Crippen LogP contribution < -0.4 is 0 Å². The Kier molecular flexibility index (Phi) is 0.991. The van der Waals surface area contributed by atoms with Crippen molar-refractivity contribution in [2.75, 3.05) is 0 Å². The van der Waals surface area contributed by atoms with Crippen molar-refractivity contribution in [2.24, 2.45) is 15.2 Å². The van der Waals surface area contributed by atoms with E-state index in [4.69, 9.17) is 0 Å². The molecule has 1 atom stereocenters. The fourth-order valence-corrected chi connectivity index (χ4v) is 0.305. The minimum Gasteiger partial charge on any atom is -0.261 e. The molecule has 0 saturated heterocycles. The summed E-state index contributed by atoms with van der Waals surface area (Å²) in [6.45, 7) is 0. The summed E-state index contributed by atoms with van der Waals surface area (Å²) in [4.78, 5) is 12.4. The fraction of sp³-hybridized carbons (Fsp3) is 0.500. The molecule has 0 aromatic rings. The van der Waals surface area contributed by atoms with E-state index in [1.165, 1.54) is 0 Å². The van der Waals surface area contributed by atoms with Gasteiger partial charge in [-0.3, -0.25) is 10.1 Å². The number of nitro groups is 1. The maximum Gasteiger partial charge on any atom is 0.420 e. The van der Waals surface area contributed by atoms with Crippen molar-refractivity contribution in [1.82, 2.24) is 0 Å². The predicted molar refractivity (Wildman–Crippen MR) is 24.1 cm³/mol. The van der Waals surface area contributed by atoms with Gasteiger partial charge in [0.15, 0.2) is 0 Å². The summed E-state index contributed by atoms with van der Waals surface area (Å²) >= 11 is 0. The molecule has 1 unspecified atom stereocenters. The molecule has 8 heavy (non-hydrogen) atoms. The van der Waals surface area contributed by atoms with Gasteiger partial charge in [-0.15, -0.1) is 5.11 Å². The lowest BCUT2D eigenvalue weighted by Gasteiger charge is -1.86. The van der Waals surface area contributed by atoms with E-state index in [9.17, 15) is 10.1 Å². The van der Waals surface area contributed by atoms with Crippen molar-refractivity contribution in [3.05, 3.63) is 10.1 Å². The number of azo groups is 1. The zero-order chi connectivity index (χ0) is 5.98. The molecule has 6 heteroatoms. The number of rotatable bonds is 1. The van der Waals surface area contributed by atoms with Crippen molar-refractivity contribution in [2.45, 2.75) is 6.29 Å². The minimum atomic E-state index is -1.19. The molecular formula is C2H2N4O2. The molecule has 1 rings (SSSR count). The molecule has 42 valence electrons. The topological polar surface area (TPSA) is 80.2 Å². The highest BCUT2D eigenvalue weighted by atomic mass is 16.6. The first-order chi connectivity index (χ1) is 3.80. The van der Waals surface area contributed by atoms with Gasteiger partial charge in [0.1, 0.15) is 6.34 Å². The van der Waals surface area contributed by atoms with Crippen LogP contribution in [0, 0.1) is 10.1 Å². The Balaban J connectivity index is 2.62. The molecule has 1 heterocycles. The molecule has 0 aromatic carbocycles. The van der Waals surface area contributed by atoms with Crippen LogP contribution in [0.5, 0.6) is 0 Å². The van der Waals surface area contributed by atoms with E-state index >= 15 is 0 Å². The van der Waals surface area contributed by atoms with Crippen LogP contribution in [0.2, 0.25) is 0 Å². The lowest BCUT2D eigenvalue weighted by Crippen LogP contribution is -2.10. The Morgan fingerprint density at radius 3 is 2.75 bits per heavy atom. The van der Waals surface area contributed by atoms with Gasteiger partial charge in [-0.05, 0) is 0 Å².